The number of hydrogen-bond donors (Lipinski definition) is 3. The Kier molecular flexibility index (Phi) is 13.3. The molecule has 0 bridgehead atoms. The van der Waals surface area contributed by atoms with Gasteiger partial charge in [-0.3, -0.25) is 14.4 Å². The van der Waals surface area contributed by atoms with Gasteiger partial charge in [0.05, 0.1) is 31.1 Å². The molecule has 0 atom stereocenters. The summed E-state index contributed by atoms with van der Waals surface area (Å²) in [7, 11) is 2.58. The highest BCUT2D eigenvalue weighted by Crippen LogP contribution is 2.29. The summed E-state index contributed by atoms with van der Waals surface area (Å²) in [6.07, 6.45) is 0.992. The maximum Gasteiger partial charge on any atom is 0.348 e. The summed E-state index contributed by atoms with van der Waals surface area (Å²) in [5.74, 6) is -0.855. The third kappa shape index (κ3) is 9.47. The van der Waals surface area contributed by atoms with Crippen LogP contribution in [0.4, 0.5) is 17.8 Å². The largest absolute Gasteiger partial charge is 0.468 e. The van der Waals surface area contributed by atoms with Crippen molar-refractivity contribution in [3.63, 3.8) is 0 Å². The van der Waals surface area contributed by atoms with Crippen molar-refractivity contribution in [1.29, 1.82) is 0 Å². The van der Waals surface area contributed by atoms with Gasteiger partial charge >= 0.3 is 11.9 Å². The van der Waals surface area contributed by atoms with Crippen LogP contribution in [0.25, 0.3) is 10.2 Å². The molecule has 21 heteroatoms. The summed E-state index contributed by atoms with van der Waals surface area (Å²) in [6.45, 7) is 0. The molecular formula is C21H17Cl4N9O6S2. The number of nitrogens with two attached hydrogens (primary N) is 3. The SMILES string of the molecule is COC(=O)CSc1nc(N)nc(Cl)c1C=O.COC(=O)c1cc2c(Cl)nc(N)nc2s1.Nc1nc(Cl)c(C=O)c(Cl)n1. The Hall–Kier alpha value is -3.61. The number of nitrogens with zero attached hydrogens (tertiary/aromatic N) is 6. The lowest BCUT2D eigenvalue weighted by atomic mass is 10.4. The second kappa shape index (κ2) is 16.1. The molecule has 6 N–H and O–H groups in total. The van der Waals surface area contributed by atoms with E-state index in [0.717, 1.165) is 11.8 Å². The Labute approximate surface area is 264 Å². The monoisotopic (exact) mass is 695 g/mol. The zero-order valence-corrected chi connectivity index (χ0v) is 25.8. The van der Waals surface area contributed by atoms with E-state index >= 15 is 0 Å². The number of esters is 2. The van der Waals surface area contributed by atoms with Crippen LogP contribution >= 0.6 is 69.5 Å². The summed E-state index contributed by atoms with van der Waals surface area (Å²) in [5, 5.41) is 1.02. The molecule has 0 aromatic carbocycles. The normalized spacial score (nSPS) is 10.0. The lowest BCUT2D eigenvalue weighted by molar-refractivity contribution is -0.137. The number of aromatic nitrogens is 6. The lowest BCUT2D eigenvalue weighted by Crippen LogP contribution is -2.06. The highest BCUT2D eigenvalue weighted by molar-refractivity contribution is 8.00. The molecule has 4 aromatic rings. The van der Waals surface area contributed by atoms with Crippen molar-refractivity contribution in [2.75, 3.05) is 37.2 Å². The Morgan fingerprint density at radius 2 is 1.31 bits per heavy atom. The molecule has 0 aliphatic heterocycles. The van der Waals surface area contributed by atoms with E-state index in [4.69, 9.17) is 63.6 Å². The first kappa shape index (κ1) is 34.6. The molecule has 0 unspecified atom stereocenters. The highest BCUT2D eigenvalue weighted by atomic mass is 35.5. The molecule has 4 aromatic heterocycles. The molecule has 0 aliphatic carbocycles. The minimum Gasteiger partial charge on any atom is -0.468 e. The van der Waals surface area contributed by atoms with Crippen molar-refractivity contribution < 1.29 is 28.7 Å². The zero-order chi connectivity index (χ0) is 31.6. The fourth-order valence-corrected chi connectivity index (χ4v) is 5.31. The van der Waals surface area contributed by atoms with E-state index < -0.39 is 11.9 Å². The number of anilines is 3. The maximum absolute atomic E-state index is 11.2. The van der Waals surface area contributed by atoms with E-state index in [0.29, 0.717) is 27.7 Å². The number of ether oxygens (including phenoxy) is 2. The molecule has 0 saturated carbocycles. The number of thioether (sulfide) groups is 1. The van der Waals surface area contributed by atoms with E-state index in [9.17, 15) is 19.2 Å². The van der Waals surface area contributed by atoms with Crippen LogP contribution < -0.4 is 17.2 Å². The third-order valence-corrected chi connectivity index (χ3v) is 7.42. The minimum absolute atomic E-state index is 0.0180. The molecule has 15 nitrogen and oxygen atoms in total. The second-order valence-corrected chi connectivity index (χ2v) is 10.4. The fraction of sp³-hybridized carbons (Fsp3) is 0.143. The predicted molar refractivity (Wildman–Crippen MR) is 160 cm³/mol. The third-order valence-electron chi connectivity index (χ3n) is 4.29. The summed E-state index contributed by atoms with van der Waals surface area (Å²) in [4.78, 5) is 66.4. The standard InChI is InChI=1S/C8H8ClN3O3S.C8H6ClN3O2S.C5H3Cl2N3O/c1-15-5(14)3-16-7-4(2-13)6(9)11-8(10)12-7;1-14-7(13)4-2-3-5(9)11-8(10)12-6(3)15-4;6-3-2(1-11)4(7)10-5(8)9-3/h2H,3H2,1H3,(H2,10,11,12);2H,1H3,(H2,10,11,12);1H,(H2,8,9,10). The van der Waals surface area contributed by atoms with E-state index in [-0.39, 0.29) is 60.4 Å². The summed E-state index contributed by atoms with van der Waals surface area (Å²) in [6, 6.07) is 1.59. The number of nitrogen functional groups attached to an aromatic ring is 3. The number of thiophene rings is 1. The number of hydrogen-bond acceptors (Lipinski definition) is 17. The molecule has 0 fully saturated rings. The van der Waals surface area contributed by atoms with Gasteiger partial charge in [-0.05, 0) is 6.07 Å². The van der Waals surface area contributed by atoms with Crippen molar-refractivity contribution in [3.8, 4) is 0 Å². The van der Waals surface area contributed by atoms with Gasteiger partial charge in [0.25, 0.3) is 0 Å². The van der Waals surface area contributed by atoms with Gasteiger partial charge < -0.3 is 26.7 Å². The summed E-state index contributed by atoms with van der Waals surface area (Å²) in [5.41, 5.74) is 16.1. The van der Waals surface area contributed by atoms with Crippen LogP contribution in [-0.2, 0) is 14.3 Å². The van der Waals surface area contributed by atoms with Crippen molar-refractivity contribution in [2.24, 2.45) is 0 Å². The average Bonchev–Trinajstić information content (AvgIpc) is 3.36. The van der Waals surface area contributed by atoms with Gasteiger partial charge in [-0.1, -0.05) is 58.2 Å². The Bertz CT molecular complexity index is 1620. The van der Waals surface area contributed by atoms with Gasteiger partial charge in [-0.2, -0.15) is 0 Å². The van der Waals surface area contributed by atoms with Gasteiger partial charge in [-0.25, -0.2) is 34.7 Å². The number of aldehydes is 2. The molecule has 0 spiro atoms. The van der Waals surface area contributed by atoms with E-state index in [1.54, 1.807) is 6.07 Å². The number of rotatable bonds is 6. The molecule has 222 valence electrons. The Morgan fingerprint density at radius 1 is 0.810 bits per heavy atom. The molecule has 0 amide bonds. The van der Waals surface area contributed by atoms with Crippen LogP contribution in [0, 0.1) is 0 Å². The lowest BCUT2D eigenvalue weighted by Gasteiger charge is -2.04. The van der Waals surface area contributed by atoms with Crippen LogP contribution in [0.3, 0.4) is 0 Å². The minimum atomic E-state index is -0.435. The summed E-state index contributed by atoms with van der Waals surface area (Å²) < 4.78 is 9.04. The maximum atomic E-state index is 11.2. The Balaban J connectivity index is 0.000000224. The van der Waals surface area contributed by atoms with Crippen LogP contribution in [0.2, 0.25) is 20.6 Å². The molecule has 4 heterocycles. The van der Waals surface area contributed by atoms with E-state index in [1.165, 1.54) is 25.6 Å². The number of halogens is 4. The second-order valence-electron chi connectivity index (χ2n) is 6.96. The van der Waals surface area contributed by atoms with Gasteiger partial charge in [0.2, 0.25) is 17.8 Å². The van der Waals surface area contributed by atoms with E-state index in [2.05, 4.69) is 39.4 Å². The first-order chi connectivity index (χ1) is 19.8. The molecule has 42 heavy (non-hydrogen) atoms. The fourth-order valence-electron chi connectivity index (χ4n) is 2.47. The first-order valence-corrected chi connectivity index (χ1v) is 13.9. The smallest absolute Gasteiger partial charge is 0.348 e. The topological polar surface area (TPSA) is 242 Å². The molecule has 0 radical (unpaired) electrons. The number of carbonyl (C=O) groups is 4. The van der Waals surface area contributed by atoms with Crippen LogP contribution in [0.5, 0.6) is 0 Å². The van der Waals surface area contributed by atoms with Gasteiger partial charge in [0, 0.05) is 5.39 Å². The molecule has 4 rings (SSSR count). The Morgan fingerprint density at radius 3 is 1.83 bits per heavy atom. The number of fused-ring (bicyclic) bond motifs is 1. The van der Waals surface area contributed by atoms with Gasteiger partial charge in [0.1, 0.15) is 35.3 Å². The van der Waals surface area contributed by atoms with Crippen molar-refractivity contribution >= 4 is 122 Å². The molecular weight excluding hydrogens is 680 g/mol. The zero-order valence-electron chi connectivity index (χ0n) is 21.1. The quantitative estimate of drug-likeness (QED) is 0.113. The molecule has 0 saturated heterocycles. The van der Waals surface area contributed by atoms with Gasteiger partial charge in [0.15, 0.2) is 12.6 Å². The van der Waals surface area contributed by atoms with Crippen LogP contribution in [0.1, 0.15) is 30.4 Å². The van der Waals surface area contributed by atoms with E-state index in [1.807, 2.05) is 0 Å². The predicted octanol–water partition coefficient (Wildman–Crippen LogP) is 3.68. The van der Waals surface area contributed by atoms with Crippen LogP contribution in [0.15, 0.2) is 11.1 Å². The number of methoxy groups -OCH3 is 2. The van der Waals surface area contributed by atoms with Gasteiger partial charge in [-0.15, -0.1) is 11.3 Å². The summed E-state index contributed by atoms with van der Waals surface area (Å²) >= 11 is 24.7. The average molecular weight is 697 g/mol. The highest BCUT2D eigenvalue weighted by Gasteiger charge is 2.15. The van der Waals surface area contributed by atoms with Crippen molar-refractivity contribution in [2.45, 2.75) is 5.03 Å². The first-order valence-electron chi connectivity index (χ1n) is 10.6. The van der Waals surface area contributed by atoms with Crippen molar-refractivity contribution in [3.05, 3.63) is 42.7 Å². The van der Waals surface area contributed by atoms with Crippen LogP contribution in [-0.4, -0.2) is 74.4 Å². The molecule has 0 aliphatic rings. The van der Waals surface area contributed by atoms with Crippen molar-refractivity contribution in [1.82, 2.24) is 29.9 Å². The number of carbonyl (C=O) groups excluding carboxylic acids is 4.